The van der Waals surface area contributed by atoms with Gasteiger partial charge < -0.3 is 19.5 Å². The summed E-state index contributed by atoms with van der Waals surface area (Å²) in [6, 6.07) is 31.2. The van der Waals surface area contributed by atoms with Crippen LogP contribution in [0.2, 0.25) is 0 Å². The highest BCUT2D eigenvalue weighted by atomic mass is 16.5. The molecule has 1 N–H and O–H groups in total. The van der Waals surface area contributed by atoms with Gasteiger partial charge in [-0.05, 0) is 72.5 Å². The number of nitrogens with zero attached hydrogens (tertiary/aromatic N) is 1. The lowest BCUT2D eigenvalue weighted by molar-refractivity contribution is -0.139. The largest absolute Gasteiger partial charge is 0.507 e. The molecule has 6 nitrogen and oxygen atoms in total. The van der Waals surface area contributed by atoms with Gasteiger partial charge in [-0.25, -0.2) is 0 Å². The summed E-state index contributed by atoms with van der Waals surface area (Å²) >= 11 is 0. The minimum Gasteiger partial charge on any atom is -0.507 e. The van der Waals surface area contributed by atoms with E-state index in [0.29, 0.717) is 42.0 Å². The Morgan fingerprint density at radius 1 is 0.900 bits per heavy atom. The summed E-state index contributed by atoms with van der Waals surface area (Å²) in [6.45, 7) is 2.30. The van der Waals surface area contributed by atoms with Crippen LogP contribution in [-0.4, -0.2) is 34.3 Å². The quantitative estimate of drug-likeness (QED) is 0.168. The summed E-state index contributed by atoms with van der Waals surface area (Å²) in [5.74, 6) is 0.496. The molecule has 1 saturated heterocycles. The number of amides is 1. The van der Waals surface area contributed by atoms with E-state index < -0.39 is 17.7 Å². The predicted molar refractivity (Wildman–Crippen MR) is 152 cm³/mol. The lowest BCUT2D eigenvalue weighted by Gasteiger charge is -2.26. The average Bonchev–Trinajstić information content (AvgIpc) is 3.47. The summed E-state index contributed by atoms with van der Waals surface area (Å²) in [5, 5.41) is 11.6. The summed E-state index contributed by atoms with van der Waals surface area (Å²) in [6.07, 6.45) is 1.33. The molecule has 0 spiro atoms. The highest BCUT2D eigenvalue weighted by Crippen LogP contribution is 2.41. The number of benzene rings is 4. The zero-order valence-electron chi connectivity index (χ0n) is 22.1. The number of aliphatic hydroxyl groups excluding tert-OH is 1. The second-order valence-corrected chi connectivity index (χ2v) is 10.2. The number of aliphatic hydroxyl groups is 1. The molecule has 4 aromatic rings. The van der Waals surface area contributed by atoms with Crippen LogP contribution in [0, 0.1) is 0 Å². The molecule has 6 rings (SSSR count). The first-order chi connectivity index (χ1) is 19.5. The van der Waals surface area contributed by atoms with Gasteiger partial charge in [0.15, 0.2) is 0 Å². The van der Waals surface area contributed by atoms with Gasteiger partial charge in [0, 0.05) is 18.5 Å². The first-order valence-electron chi connectivity index (χ1n) is 13.4. The van der Waals surface area contributed by atoms with Gasteiger partial charge in [-0.2, -0.15) is 0 Å². The Kier molecular flexibility index (Phi) is 6.83. The van der Waals surface area contributed by atoms with Crippen LogP contribution in [-0.2, 0) is 22.4 Å². The van der Waals surface area contributed by atoms with E-state index in [1.54, 1.807) is 11.0 Å². The van der Waals surface area contributed by atoms with Gasteiger partial charge in [0.25, 0.3) is 11.7 Å². The Morgan fingerprint density at radius 2 is 1.62 bits per heavy atom. The van der Waals surface area contributed by atoms with Gasteiger partial charge in [0.1, 0.15) is 29.1 Å². The van der Waals surface area contributed by atoms with Crippen LogP contribution in [0.25, 0.3) is 5.76 Å². The Balaban J connectivity index is 1.41. The maximum absolute atomic E-state index is 13.5. The summed E-state index contributed by atoms with van der Waals surface area (Å²) in [7, 11) is 0. The first-order valence-corrected chi connectivity index (χ1v) is 13.4. The smallest absolute Gasteiger partial charge is 0.295 e. The number of Topliss-reactive ketones (excluding diaryl/α,β-unsaturated/α-hetero) is 1. The number of para-hydroxylation sites is 1. The Morgan fingerprint density at radius 3 is 2.40 bits per heavy atom. The summed E-state index contributed by atoms with van der Waals surface area (Å²) in [5.41, 5.74) is 3.25. The highest BCUT2D eigenvalue weighted by Gasteiger charge is 2.46. The van der Waals surface area contributed by atoms with Crippen LogP contribution in [0.5, 0.6) is 17.2 Å². The molecule has 0 bridgehead atoms. The van der Waals surface area contributed by atoms with E-state index in [0.717, 1.165) is 16.9 Å². The highest BCUT2D eigenvalue weighted by molar-refractivity contribution is 6.46. The number of hydrogen-bond donors (Lipinski definition) is 1. The fraction of sp³-hybridized carbons (Fsp3) is 0.176. The number of rotatable bonds is 7. The number of likely N-dealkylation sites (tertiary alicyclic amines) is 1. The van der Waals surface area contributed by atoms with Crippen LogP contribution in [0.4, 0.5) is 0 Å². The predicted octanol–water partition coefficient (Wildman–Crippen LogP) is 6.47. The van der Waals surface area contributed by atoms with E-state index in [2.05, 4.69) is 0 Å². The molecular formula is C34H29NO5. The molecule has 2 aliphatic rings. The van der Waals surface area contributed by atoms with Crippen molar-refractivity contribution in [3.8, 4) is 17.2 Å². The zero-order valence-corrected chi connectivity index (χ0v) is 22.1. The van der Waals surface area contributed by atoms with Crippen LogP contribution < -0.4 is 9.47 Å². The van der Waals surface area contributed by atoms with Crippen LogP contribution in [0.3, 0.4) is 0 Å². The Labute approximate surface area is 233 Å². The maximum Gasteiger partial charge on any atom is 0.295 e. The lowest BCUT2D eigenvalue weighted by atomic mass is 9.94. The number of fused-ring (bicyclic) bond motifs is 1. The number of ether oxygens (including phenoxy) is 2. The molecule has 2 atom stereocenters. The van der Waals surface area contributed by atoms with Crippen LogP contribution in [0.1, 0.15) is 35.2 Å². The first kappa shape index (κ1) is 25.4. The van der Waals surface area contributed by atoms with Crippen molar-refractivity contribution >= 4 is 17.4 Å². The standard InChI is InChI=1S/C34H29NO5/c1-22-19-26-20-25(15-16-29(26)39-22)32(36)30-31(24-11-8-14-28(21-24)40-27-12-6-3-7-13-27)35(34(38)33(30)37)18-17-23-9-4-2-5-10-23/h2-16,20-22,31,36H,17-19H2,1H3/t22-,31+/m0/s1. The van der Waals surface area contributed by atoms with E-state index in [-0.39, 0.29) is 17.4 Å². The molecule has 1 fully saturated rings. The van der Waals surface area contributed by atoms with Crippen molar-refractivity contribution in [2.45, 2.75) is 31.9 Å². The molecule has 6 heteroatoms. The molecule has 0 unspecified atom stereocenters. The SMILES string of the molecule is C[C@H]1Cc2cc(C(O)=C3C(=O)C(=O)N(CCc4ccccc4)[C@@H]3c3cccc(Oc4ccccc4)c3)ccc2O1. The van der Waals surface area contributed by atoms with E-state index >= 15 is 0 Å². The number of carbonyl (C=O) groups excluding carboxylic acids is 2. The van der Waals surface area contributed by atoms with Crippen molar-refractivity contribution in [1.29, 1.82) is 0 Å². The van der Waals surface area contributed by atoms with E-state index in [4.69, 9.17) is 9.47 Å². The molecule has 0 aromatic heterocycles. The third kappa shape index (κ3) is 4.96. The summed E-state index contributed by atoms with van der Waals surface area (Å²) < 4.78 is 11.9. The zero-order chi connectivity index (χ0) is 27.6. The van der Waals surface area contributed by atoms with Crippen molar-refractivity contribution in [3.63, 3.8) is 0 Å². The molecule has 200 valence electrons. The van der Waals surface area contributed by atoms with Crippen LogP contribution in [0.15, 0.2) is 109 Å². The van der Waals surface area contributed by atoms with E-state index in [1.165, 1.54) is 0 Å². The number of carbonyl (C=O) groups is 2. The normalized spacial score (nSPS) is 19.4. The third-order valence-corrected chi connectivity index (χ3v) is 7.35. The molecule has 0 radical (unpaired) electrons. The fourth-order valence-electron chi connectivity index (χ4n) is 5.45. The van der Waals surface area contributed by atoms with Crippen molar-refractivity contribution in [3.05, 3.63) is 131 Å². The Bertz CT molecular complexity index is 1600. The summed E-state index contributed by atoms with van der Waals surface area (Å²) in [4.78, 5) is 28.5. The van der Waals surface area contributed by atoms with Gasteiger partial charge in [0.2, 0.25) is 0 Å². The van der Waals surface area contributed by atoms with E-state index in [9.17, 15) is 14.7 Å². The molecule has 0 aliphatic carbocycles. The fourth-order valence-corrected chi connectivity index (χ4v) is 5.45. The van der Waals surface area contributed by atoms with Gasteiger partial charge in [-0.1, -0.05) is 60.7 Å². The van der Waals surface area contributed by atoms with Crippen LogP contribution >= 0.6 is 0 Å². The van der Waals surface area contributed by atoms with Crippen molar-refractivity contribution in [1.82, 2.24) is 4.90 Å². The molecule has 2 aliphatic heterocycles. The minimum absolute atomic E-state index is 0.0447. The number of ketones is 1. The van der Waals surface area contributed by atoms with Gasteiger partial charge in [-0.3, -0.25) is 9.59 Å². The number of hydrogen-bond acceptors (Lipinski definition) is 5. The molecule has 4 aromatic carbocycles. The monoisotopic (exact) mass is 531 g/mol. The molecule has 1 amide bonds. The van der Waals surface area contributed by atoms with E-state index in [1.807, 2.05) is 104 Å². The topological polar surface area (TPSA) is 76.1 Å². The second-order valence-electron chi connectivity index (χ2n) is 10.2. The van der Waals surface area contributed by atoms with Crippen molar-refractivity contribution < 1.29 is 24.2 Å². The maximum atomic E-state index is 13.5. The molecular weight excluding hydrogens is 502 g/mol. The van der Waals surface area contributed by atoms with Gasteiger partial charge in [0.05, 0.1) is 11.6 Å². The van der Waals surface area contributed by atoms with Gasteiger partial charge >= 0.3 is 0 Å². The Hall–Kier alpha value is -4.84. The van der Waals surface area contributed by atoms with Gasteiger partial charge in [-0.15, -0.1) is 0 Å². The third-order valence-electron chi connectivity index (χ3n) is 7.35. The molecule has 2 heterocycles. The molecule has 0 saturated carbocycles. The van der Waals surface area contributed by atoms with Crippen molar-refractivity contribution in [2.24, 2.45) is 0 Å². The molecule has 40 heavy (non-hydrogen) atoms. The minimum atomic E-state index is -0.772. The second kappa shape index (κ2) is 10.7. The lowest BCUT2D eigenvalue weighted by Crippen LogP contribution is -2.31. The van der Waals surface area contributed by atoms with Crippen molar-refractivity contribution in [2.75, 3.05) is 6.54 Å². The average molecular weight is 532 g/mol.